The zero-order valence-corrected chi connectivity index (χ0v) is 15.5. The first-order chi connectivity index (χ1) is 13.6. The van der Waals surface area contributed by atoms with E-state index in [0.29, 0.717) is 11.9 Å². The van der Waals surface area contributed by atoms with Gasteiger partial charge >= 0.3 is 0 Å². The molecule has 0 N–H and O–H groups in total. The summed E-state index contributed by atoms with van der Waals surface area (Å²) in [5.74, 6) is 0.182. The number of carbonyl (C=O) groups is 1. The first-order valence-corrected chi connectivity index (χ1v) is 9.15. The first-order valence-electron chi connectivity index (χ1n) is 9.15. The van der Waals surface area contributed by atoms with Gasteiger partial charge in [0.05, 0.1) is 30.4 Å². The summed E-state index contributed by atoms with van der Waals surface area (Å²) < 4.78 is 19.8. The molecule has 1 amide bonds. The summed E-state index contributed by atoms with van der Waals surface area (Å²) in [6, 6.07) is 11.5. The molecular formula is C21H20FN3O3. The molecular weight excluding hydrogens is 361 g/mol. The third kappa shape index (κ3) is 3.35. The Morgan fingerprint density at radius 2 is 2.04 bits per heavy atom. The van der Waals surface area contributed by atoms with Gasteiger partial charge in [-0.3, -0.25) is 14.2 Å². The summed E-state index contributed by atoms with van der Waals surface area (Å²) in [6.07, 6.45) is 3.09. The lowest BCUT2D eigenvalue weighted by Crippen LogP contribution is -2.36. The quantitative estimate of drug-likeness (QED) is 0.697. The number of hydrogen-bond acceptors (Lipinski definition) is 4. The molecule has 1 fully saturated rings. The summed E-state index contributed by atoms with van der Waals surface area (Å²) in [4.78, 5) is 31.5. The number of likely N-dealkylation sites (tertiary alicyclic amines) is 1. The van der Waals surface area contributed by atoms with E-state index in [2.05, 4.69) is 4.98 Å². The number of hydrogen-bond donors (Lipinski definition) is 0. The smallest absolute Gasteiger partial charge is 0.261 e. The molecule has 1 aliphatic heterocycles. The Balaban J connectivity index is 1.57. The van der Waals surface area contributed by atoms with E-state index >= 15 is 0 Å². The molecule has 1 aliphatic rings. The van der Waals surface area contributed by atoms with Crippen LogP contribution in [-0.2, 0) is 11.3 Å². The number of amides is 1. The van der Waals surface area contributed by atoms with E-state index in [4.69, 9.17) is 4.74 Å². The van der Waals surface area contributed by atoms with E-state index < -0.39 is 5.82 Å². The maximum atomic E-state index is 13.3. The van der Waals surface area contributed by atoms with Gasteiger partial charge in [0.25, 0.3) is 5.56 Å². The molecule has 1 atom stereocenters. The lowest BCUT2D eigenvalue weighted by Gasteiger charge is -2.25. The maximum Gasteiger partial charge on any atom is 0.261 e. The molecule has 144 valence electrons. The van der Waals surface area contributed by atoms with Crippen LogP contribution in [0.25, 0.3) is 10.9 Å². The number of ether oxygens (including phenoxy) is 1. The molecule has 0 aliphatic carbocycles. The molecule has 1 unspecified atom stereocenters. The van der Waals surface area contributed by atoms with Gasteiger partial charge in [0, 0.05) is 12.6 Å². The Labute approximate surface area is 161 Å². The molecule has 6 nitrogen and oxygen atoms in total. The van der Waals surface area contributed by atoms with Crippen molar-refractivity contribution in [1.82, 2.24) is 14.5 Å². The van der Waals surface area contributed by atoms with Crippen LogP contribution in [0.5, 0.6) is 5.75 Å². The number of aromatic nitrogens is 2. The van der Waals surface area contributed by atoms with Gasteiger partial charge in [0.1, 0.15) is 18.1 Å². The Bertz CT molecular complexity index is 1080. The predicted octanol–water partition coefficient (Wildman–Crippen LogP) is 2.91. The predicted molar refractivity (Wildman–Crippen MR) is 103 cm³/mol. The molecule has 1 aromatic heterocycles. The molecule has 3 aromatic rings. The van der Waals surface area contributed by atoms with Crippen molar-refractivity contribution in [2.24, 2.45) is 0 Å². The van der Waals surface area contributed by atoms with Crippen molar-refractivity contribution < 1.29 is 13.9 Å². The van der Waals surface area contributed by atoms with Crippen LogP contribution >= 0.6 is 0 Å². The molecule has 4 rings (SSSR count). The Hall–Kier alpha value is -3.22. The average Bonchev–Trinajstić information content (AvgIpc) is 3.20. The summed E-state index contributed by atoms with van der Waals surface area (Å²) in [7, 11) is 1.62. The van der Waals surface area contributed by atoms with Gasteiger partial charge in [-0.1, -0.05) is 12.1 Å². The highest BCUT2D eigenvalue weighted by Gasteiger charge is 2.30. The van der Waals surface area contributed by atoms with Crippen LogP contribution in [0.15, 0.2) is 53.6 Å². The van der Waals surface area contributed by atoms with Gasteiger partial charge in [-0.05, 0) is 42.7 Å². The van der Waals surface area contributed by atoms with Crippen LogP contribution in [0.2, 0.25) is 0 Å². The monoisotopic (exact) mass is 381 g/mol. The van der Waals surface area contributed by atoms with E-state index in [9.17, 15) is 14.0 Å². The lowest BCUT2D eigenvalue weighted by molar-refractivity contribution is -0.132. The van der Waals surface area contributed by atoms with Crippen LogP contribution in [0.3, 0.4) is 0 Å². The Morgan fingerprint density at radius 3 is 2.79 bits per heavy atom. The molecule has 28 heavy (non-hydrogen) atoms. The molecule has 0 radical (unpaired) electrons. The standard InChI is InChI=1S/C21H20FN3O3/c1-28-16-7-4-14(5-8-16)19-3-2-10-25(19)20(26)12-24-13-23-18-11-15(22)6-9-17(18)21(24)27/h4-9,11,13,19H,2-3,10,12H2,1H3. The van der Waals surface area contributed by atoms with E-state index in [1.165, 1.54) is 29.1 Å². The third-order valence-corrected chi connectivity index (χ3v) is 5.17. The second kappa shape index (κ2) is 7.42. The van der Waals surface area contributed by atoms with E-state index in [-0.39, 0.29) is 29.6 Å². The summed E-state index contributed by atoms with van der Waals surface area (Å²) in [6.45, 7) is 0.558. The third-order valence-electron chi connectivity index (χ3n) is 5.17. The molecule has 0 bridgehead atoms. The van der Waals surface area contributed by atoms with Gasteiger partial charge < -0.3 is 9.64 Å². The largest absolute Gasteiger partial charge is 0.497 e. The van der Waals surface area contributed by atoms with E-state index in [0.717, 1.165) is 24.2 Å². The maximum absolute atomic E-state index is 13.3. The van der Waals surface area contributed by atoms with Crippen molar-refractivity contribution in [3.8, 4) is 5.75 Å². The van der Waals surface area contributed by atoms with Crippen molar-refractivity contribution >= 4 is 16.8 Å². The van der Waals surface area contributed by atoms with Crippen LogP contribution in [0.1, 0.15) is 24.4 Å². The zero-order chi connectivity index (χ0) is 19.7. The fraction of sp³-hybridized carbons (Fsp3) is 0.286. The zero-order valence-electron chi connectivity index (χ0n) is 15.5. The van der Waals surface area contributed by atoms with Gasteiger partial charge in [-0.25, -0.2) is 9.37 Å². The van der Waals surface area contributed by atoms with Crippen molar-refractivity contribution in [3.63, 3.8) is 0 Å². The fourth-order valence-corrected chi connectivity index (χ4v) is 3.72. The number of halogens is 1. The molecule has 7 heteroatoms. The van der Waals surface area contributed by atoms with Crippen molar-refractivity contribution in [2.75, 3.05) is 13.7 Å². The minimum Gasteiger partial charge on any atom is -0.497 e. The molecule has 2 aromatic carbocycles. The topological polar surface area (TPSA) is 64.4 Å². The summed E-state index contributed by atoms with van der Waals surface area (Å²) in [5, 5.41) is 0.296. The highest BCUT2D eigenvalue weighted by molar-refractivity contribution is 5.79. The minimum atomic E-state index is -0.451. The van der Waals surface area contributed by atoms with Crippen molar-refractivity contribution in [1.29, 1.82) is 0 Å². The number of carbonyl (C=O) groups excluding carboxylic acids is 1. The Morgan fingerprint density at radius 1 is 1.25 bits per heavy atom. The molecule has 0 spiro atoms. The Kier molecular flexibility index (Phi) is 4.81. The van der Waals surface area contributed by atoms with Crippen LogP contribution in [0.4, 0.5) is 4.39 Å². The average molecular weight is 381 g/mol. The number of nitrogens with zero attached hydrogens (tertiary/aromatic N) is 3. The van der Waals surface area contributed by atoms with Gasteiger partial charge in [-0.15, -0.1) is 0 Å². The molecule has 1 saturated heterocycles. The van der Waals surface area contributed by atoms with Crippen molar-refractivity contribution in [3.05, 3.63) is 70.5 Å². The molecule has 0 saturated carbocycles. The minimum absolute atomic E-state index is 0.0170. The lowest BCUT2D eigenvalue weighted by atomic mass is 10.0. The van der Waals surface area contributed by atoms with E-state index in [1.807, 2.05) is 29.2 Å². The van der Waals surface area contributed by atoms with Crippen LogP contribution in [0, 0.1) is 5.82 Å². The fourth-order valence-electron chi connectivity index (χ4n) is 3.72. The second-order valence-electron chi connectivity index (χ2n) is 6.86. The second-order valence-corrected chi connectivity index (χ2v) is 6.86. The molecule has 2 heterocycles. The SMILES string of the molecule is COc1ccc(C2CCCN2C(=O)Cn2cnc3cc(F)ccc3c2=O)cc1. The van der Waals surface area contributed by atoms with Gasteiger partial charge in [-0.2, -0.15) is 0 Å². The van der Waals surface area contributed by atoms with Gasteiger partial charge in [0.15, 0.2) is 0 Å². The number of benzene rings is 2. The number of rotatable bonds is 4. The summed E-state index contributed by atoms with van der Waals surface area (Å²) >= 11 is 0. The highest BCUT2D eigenvalue weighted by atomic mass is 19.1. The van der Waals surface area contributed by atoms with Crippen molar-refractivity contribution in [2.45, 2.75) is 25.4 Å². The van der Waals surface area contributed by atoms with Gasteiger partial charge in [0.2, 0.25) is 5.91 Å². The number of methoxy groups -OCH3 is 1. The highest BCUT2D eigenvalue weighted by Crippen LogP contribution is 2.32. The normalized spacial score (nSPS) is 16.5. The summed E-state index contributed by atoms with van der Waals surface area (Å²) in [5.41, 5.74) is 0.982. The van der Waals surface area contributed by atoms with Crippen LogP contribution in [-0.4, -0.2) is 34.0 Å². The van der Waals surface area contributed by atoms with E-state index in [1.54, 1.807) is 7.11 Å². The van der Waals surface area contributed by atoms with Crippen LogP contribution < -0.4 is 10.3 Å². The first kappa shape index (κ1) is 18.2. The number of fused-ring (bicyclic) bond motifs is 1.